The first kappa shape index (κ1) is 15.2. The average Bonchev–Trinajstić information content (AvgIpc) is 2.43. The second kappa shape index (κ2) is 8.25. The third-order valence-corrected chi connectivity index (χ3v) is 2.69. The minimum atomic E-state index is -0.356. The van der Waals surface area contributed by atoms with Crippen molar-refractivity contribution in [1.29, 1.82) is 0 Å². The first-order chi connectivity index (χ1) is 9.17. The summed E-state index contributed by atoms with van der Waals surface area (Å²) in [7, 11) is 0. The smallest absolute Gasteiger partial charge is 0.330 e. The van der Waals surface area contributed by atoms with E-state index >= 15 is 0 Å². The highest BCUT2D eigenvalue weighted by atomic mass is 16.5. The summed E-state index contributed by atoms with van der Waals surface area (Å²) in [5, 5.41) is 0. The molecule has 0 saturated carbocycles. The fourth-order valence-corrected chi connectivity index (χ4v) is 1.62. The molecular weight excluding hydrogens is 240 g/mol. The minimum absolute atomic E-state index is 0.169. The van der Waals surface area contributed by atoms with Gasteiger partial charge in [-0.15, -0.1) is 0 Å². The molecule has 0 radical (unpaired) electrons. The van der Waals surface area contributed by atoms with Gasteiger partial charge in [-0.05, 0) is 25.0 Å². The number of carbonyl (C=O) groups excluding carboxylic acids is 2. The van der Waals surface area contributed by atoms with Crippen molar-refractivity contribution < 1.29 is 14.3 Å². The molecule has 0 atom stereocenters. The zero-order valence-electron chi connectivity index (χ0n) is 11.5. The Labute approximate surface area is 114 Å². The van der Waals surface area contributed by atoms with Crippen LogP contribution in [0, 0.1) is 0 Å². The summed E-state index contributed by atoms with van der Waals surface area (Å²) >= 11 is 0. The molecule has 1 aromatic carbocycles. The maximum Gasteiger partial charge on any atom is 0.330 e. The minimum Gasteiger partial charge on any atom is -0.463 e. The highest BCUT2D eigenvalue weighted by Crippen LogP contribution is 2.10. The standard InChI is InChI=1S/C16H20O3/c1-3-5-6-15(17)14-10-7-13(8-11-14)9-12-16(18)19-4-2/h7-12H,3-6H2,1-2H3/b12-9+. The Kier molecular flexibility index (Phi) is 6.58. The second-order valence-electron chi connectivity index (χ2n) is 4.23. The van der Waals surface area contributed by atoms with Crippen molar-refractivity contribution in [1.82, 2.24) is 0 Å². The quantitative estimate of drug-likeness (QED) is 0.427. The lowest BCUT2D eigenvalue weighted by Gasteiger charge is -2.01. The Balaban J connectivity index is 2.61. The van der Waals surface area contributed by atoms with Crippen molar-refractivity contribution in [2.24, 2.45) is 0 Å². The van der Waals surface area contributed by atoms with E-state index in [0.717, 1.165) is 24.0 Å². The fourth-order valence-electron chi connectivity index (χ4n) is 1.62. The Morgan fingerprint density at radius 3 is 2.42 bits per heavy atom. The molecule has 0 aliphatic carbocycles. The molecule has 0 aliphatic rings. The first-order valence-corrected chi connectivity index (χ1v) is 6.65. The molecule has 0 spiro atoms. The Morgan fingerprint density at radius 2 is 1.84 bits per heavy atom. The van der Waals surface area contributed by atoms with Gasteiger partial charge in [-0.2, -0.15) is 0 Å². The number of Topliss-reactive ketones (excluding diaryl/α,β-unsaturated/α-hetero) is 1. The molecule has 102 valence electrons. The summed E-state index contributed by atoms with van der Waals surface area (Å²) in [4.78, 5) is 22.9. The van der Waals surface area contributed by atoms with Crippen molar-refractivity contribution in [3.05, 3.63) is 41.5 Å². The van der Waals surface area contributed by atoms with Gasteiger partial charge in [-0.3, -0.25) is 4.79 Å². The van der Waals surface area contributed by atoms with Crippen LogP contribution in [-0.2, 0) is 9.53 Å². The Hall–Kier alpha value is -1.90. The van der Waals surface area contributed by atoms with E-state index in [-0.39, 0.29) is 11.8 Å². The second-order valence-corrected chi connectivity index (χ2v) is 4.23. The number of hydrogen-bond donors (Lipinski definition) is 0. The first-order valence-electron chi connectivity index (χ1n) is 6.65. The van der Waals surface area contributed by atoms with Crippen LogP contribution in [0.3, 0.4) is 0 Å². The van der Waals surface area contributed by atoms with E-state index in [1.165, 1.54) is 6.08 Å². The van der Waals surface area contributed by atoms with Crippen LogP contribution in [-0.4, -0.2) is 18.4 Å². The van der Waals surface area contributed by atoms with E-state index in [1.54, 1.807) is 25.1 Å². The van der Waals surface area contributed by atoms with E-state index in [0.29, 0.717) is 13.0 Å². The van der Waals surface area contributed by atoms with Gasteiger partial charge in [0.05, 0.1) is 6.61 Å². The molecule has 3 heteroatoms. The highest BCUT2D eigenvalue weighted by Gasteiger charge is 2.04. The summed E-state index contributed by atoms with van der Waals surface area (Å²) in [6.45, 7) is 4.20. The summed E-state index contributed by atoms with van der Waals surface area (Å²) < 4.78 is 4.79. The van der Waals surface area contributed by atoms with E-state index in [1.807, 2.05) is 12.1 Å². The Morgan fingerprint density at radius 1 is 1.16 bits per heavy atom. The van der Waals surface area contributed by atoms with Crippen LogP contribution in [0.2, 0.25) is 0 Å². The normalized spacial score (nSPS) is 10.6. The van der Waals surface area contributed by atoms with Crippen molar-refractivity contribution in [2.45, 2.75) is 33.1 Å². The maximum atomic E-state index is 11.8. The third-order valence-electron chi connectivity index (χ3n) is 2.69. The summed E-state index contributed by atoms with van der Waals surface area (Å²) in [5.74, 6) is -0.187. The van der Waals surface area contributed by atoms with Gasteiger partial charge in [0.1, 0.15) is 0 Å². The van der Waals surface area contributed by atoms with E-state index in [9.17, 15) is 9.59 Å². The number of ketones is 1. The highest BCUT2D eigenvalue weighted by molar-refractivity contribution is 5.96. The van der Waals surface area contributed by atoms with Gasteiger partial charge in [0, 0.05) is 18.1 Å². The maximum absolute atomic E-state index is 11.8. The molecule has 1 aromatic rings. The van der Waals surface area contributed by atoms with Gasteiger partial charge in [-0.25, -0.2) is 4.79 Å². The van der Waals surface area contributed by atoms with Crippen LogP contribution in [0.1, 0.15) is 49.0 Å². The molecule has 1 rings (SSSR count). The lowest BCUT2D eigenvalue weighted by molar-refractivity contribution is -0.137. The van der Waals surface area contributed by atoms with Crippen molar-refractivity contribution in [3.63, 3.8) is 0 Å². The third kappa shape index (κ3) is 5.51. The van der Waals surface area contributed by atoms with Crippen molar-refractivity contribution in [3.8, 4) is 0 Å². The molecule has 0 amide bonds. The van der Waals surface area contributed by atoms with Gasteiger partial charge in [0.2, 0.25) is 0 Å². The van der Waals surface area contributed by atoms with E-state index < -0.39 is 0 Å². The SMILES string of the molecule is CCCCC(=O)c1ccc(/C=C/C(=O)OCC)cc1. The lowest BCUT2D eigenvalue weighted by atomic mass is 10.0. The number of ether oxygens (including phenoxy) is 1. The summed E-state index contributed by atoms with van der Waals surface area (Å²) in [5.41, 5.74) is 1.60. The number of hydrogen-bond acceptors (Lipinski definition) is 3. The number of benzene rings is 1. The lowest BCUT2D eigenvalue weighted by Crippen LogP contribution is -1.99. The molecule has 3 nitrogen and oxygen atoms in total. The van der Waals surface area contributed by atoms with Crippen LogP contribution < -0.4 is 0 Å². The number of rotatable bonds is 7. The van der Waals surface area contributed by atoms with Crippen LogP contribution in [0.25, 0.3) is 6.08 Å². The van der Waals surface area contributed by atoms with Crippen molar-refractivity contribution in [2.75, 3.05) is 6.61 Å². The van der Waals surface area contributed by atoms with Gasteiger partial charge < -0.3 is 4.74 Å². The van der Waals surface area contributed by atoms with E-state index in [4.69, 9.17) is 4.74 Å². The van der Waals surface area contributed by atoms with Crippen LogP contribution in [0.15, 0.2) is 30.3 Å². The molecule has 0 aromatic heterocycles. The zero-order chi connectivity index (χ0) is 14.1. The molecular formula is C16H20O3. The largest absolute Gasteiger partial charge is 0.463 e. The van der Waals surface area contributed by atoms with Crippen LogP contribution >= 0.6 is 0 Å². The van der Waals surface area contributed by atoms with Gasteiger partial charge >= 0.3 is 5.97 Å². The number of carbonyl (C=O) groups is 2. The number of esters is 1. The fraction of sp³-hybridized carbons (Fsp3) is 0.375. The van der Waals surface area contributed by atoms with Gasteiger partial charge in [0.15, 0.2) is 5.78 Å². The number of unbranched alkanes of at least 4 members (excludes halogenated alkanes) is 1. The average molecular weight is 260 g/mol. The monoisotopic (exact) mass is 260 g/mol. The molecule has 0 heterocycles. The summed E-state index contributed by atoms with van der Waals surface area (Å²) in [6.07, 6.45) is 5.60. The molecule has 19 heavy (non-hydrogen) atoms. The summed E-state index contributed by atoms with van der Waals surface area (Å²) in [6, 6.07) is 7.25. The van der Waals surface area contributed by atoms with Crippen molar-refractivity contribution >= 4 is 17.8 Å². The molecule has 0 bridgehead atoms. The Bertz CT molecular complexity index is 444. The zero-order valence-corrected chi connectivity index (χ0v) is 11.5. The van der Waals surface area contributed by atoms with Gasteiger partial charge in [0.25, 0.3) is 0 Å². The van der Waals surface area contributed by atoms with Crippen LogP contribution in [0.4, 0.5) is 0 Å². The molecule has 0 fully saturated rings. The molecule has 0 aliphatic heterocycles. The van der Waals surface area contributed by atoms with Crippen LogP contribution in [0.5, 0.6) is 0 Å². The molecule has 0 unspecified atom stereocenters. The predicted octanol–water partition coefficient (Wildman–Crippen LogP) is 3.64. The predicted molar refractivity (Wildman–Crippen MR) is 76.0 cm³/mol. The molecule has 0 N–H and O–H groups in total. The molecule has 0 saturated heterocycles. The van der Waals surface area contributed by atoms with E-state index in [2.05, 4.69) is 6.92 Å². The topological polar surface area (TPSA) is 43.4 Å². The van der Waals surface area contributed by atoms with Gasteiger partial charge in [-0.1, -0.05) is 37.6 Å².